The molecule has 3 heteroatoms. The van der Waals surface area contributed by atoms with E-state index in [1.165, 1.54) is 38.1 Å². The summed E-state index contributed by atoms with van der Waals surface area (Å²) in [6.45, 7) is 8.37. The van der Waals surface area contributed by atoms with Crippen molar-refractivity contribution in [3.05, 3.63) is 158 Å². The molecule has 6 aromatic carbocycles. The van der Waals surface area contributed by atoms with Crippen LogP contribution in [0.15, 0.2) is 147 Å². The molecule has 3 aromatic heterocycles. The van der Waals surface area contributed by atoms with E-state index in [2.05, 4.69) is 161 Å². The SMILES string of the molecule is C=Cc1ccc2c(c1C=C)c1c3ccn(-c4ccc5c(c4)[nH]c4ccccc45)c3ccc1n2-c1cccc(-c2ccccc2)c1.[HH]. The first-order valence-electron chi connectivity index (χ1n) is 15.3. The van der Waals surface area contributed by atoms with Crippen molar-refractivity contribution < 1.29 is 1.43 Å². The van der Waals surface area contributed by atoms with E-state index in [1.54, 1.807) is 0 Å². The Bertz CT molecular complexity index is 2630. The highest BCUT2D eigenvalue weighted by molar-refractivity contribution is 6.23. The number of rotatable bonds is 5. The second-order valence-corrected chi connectivity index (χ2v) is 11.6. The fourth-order valence-electron chi connectivity index (χ4n) is 7.21. The third-order valence-corrected chi connectivity index (χ3v) is 9.24. The first-order valence-corrected chi connectivity index (χ1v) is 15.3. The molecule has 0 bridgehead atoms. The van der Waals surface area contributed by atoms with Gasteiger partial charge in [-0.25, -0.2) is 0 Å². The highest BCUT2D eigenvalue weighted by Crippen LogP contribution is 2.41. The Morgan fingerprint density at radius 1 is 0.533 bits per heavy atom. The van der Waals surface area contributed by atoms with Gasteiger partial charge in [0.15, 0.2) is 0 Å². The molecule has 0 saturated carbocycles. The Labute approximate surface area is 262 Å². The van der Waals surface area contributed by atoms with E-state index >= 15 is 0 Å². The van der Waals surface area contributed by atoms with Crippen LogP contribution < -0.4 is 0 Å². The highest BCUT2D eigenvalue weighted by Gasteiger charge is 2.20. The number of fused-ring (bicyclic) bond motifs is 8. The van der Waals surface area contributed by atoms with Crippen molar-refractivity contribution in [2.75, 3.05) is 0 Å². The smallest absolute Gasteiger partial charge is 0.0548 e. The first kappa shape index (κ1) is 25.4. The van der Waals surface area contributed by atoms with Crippen molar-refractivity contribution in [2.45, 2.75) is 0 Å². The van der Waals surface area contributed by atoms with Gasteiger partial charge < -0.3 is 14.1 Å². The van der Waals surface area contributed by atoms with Crippen LogP contribution in [0, 0.1) is 0 Å². The van der Waals surface area contributed by atoms with E-state index in [-0.39, 0.29) is 1.43 Å². The summed E-state index contributed by atoms with van der Waals surface area (Å²) in [5.41, 5.74) is 12.6. The molecule has 0 aliphatic carbocycles. The number of hydrogen-bond acceptors (Lipinski definition) is 0. The standard InChI is InChI=1S/C42H29N3.H2/c1-3-27-17-20-39-41(32(27)4-2)42-35-23-24-44(30-18-19-34-33-15-8-9-16-36(33)43-37(34)26-30)38(35)21-22-40(42)45(39)31-14-10-13-29(25-31)28-11-6-5-7-12-28;/h3-26,43H,1-2H2;1H. The summed E-state index contributed by atoms with van der Waals surface area (Å²) < 4.78 is 4.69. The third-order valence-electron chi connectivity index (χ3n) is 9.24. The van der Waals surface area contributed by atoms with E-state index in [1.807, 2.05) is 12.2 Å². The van der Waals surface area contributed by atoms with Crippen LogP contribution >= 0.6 is 0 Å². The molecular weight excluding hydrogens is 546 g/mol. The average molecular weight is 578 g/mol. The molecule has 214 valence electrons. The number of para-hydroxylation sites is 1. The van der Waals surface area contributed by atoms with Gasteiger partial charge >= 0.3 is 0 Å². The lowest BCUT2D eigenvalue weighted by Crippen LogP contribution is -1.95. The molecule has 3 heterocycles. The van der Waals surface area contributed by atoms with E-state index in [9.17, 15) is 0 Å². The molecule has 0 aliphatic heterocycles. The van der Waals surface area contributed by atoms with Crippen LogP contribution in [0.2, 0.25) is 0 Å². The molecule has 9 aromatic rings. The maximum Gasteiger partial charge on any atom is 0.0548 e. The van der Waals surface area contributed by atoms with Gasteiger partial charge in [0.1, 0.15) is 0 Å². The minimum Gasteiger partial charge on any atom is -0.354 e. The molecule has 0 unspecified atom stereocenters. The summed E-state index contributed by atoms with van der Waals surface area (Å²) in [5.74, 6) is 0. The number of H-pyrrole nitrogens is 1. The van der Waals surface area contributed by atoms with Gasteiger partial charge in [0.25, 0.3) is 0 Å². The summed E-state index contributed by atoms with van der Waals surface area (Å²) in [5, 5.41) is 6.10. The number of aromatic amines is 1. The summed E-state index contributed by atoms with van der Waals surface area (Å²) in [7, 11) is 0. The van der Waals surface area contributed by atoms with E-state index in [0.29, 0.717) is 0 Å². The van der Waals surface area contributed by atoms with Crippen molar-refractivity contribution in [3.8, 4) is 22.5 Å². The van der Waals surface area contributed by atoms with E-state index in [0.717, 1.165) is 50.1 Å². The summed E-state index contributed by atoms with van der Waals surface area (Å²) >= 11 is 0. The number of nitrogens with zero attached hydrogens (tertiary/aromatic N) is 2. The Hall–Kier alpha value is -6.06. The summed E-state index contributed by atoms with van der Waals surface area (Å²) in [4.78, 5) is 3.61. The minimum atomic E-state index is 0. The van der Waals surface area contributed by atoms with E-state index in [4.69, 9.17) is 0 Å². The molecule has 0 atom stereocenters. The van der Waals surface area contributed by atoms with Gasteiger partial charge in [-0.05, 0) is 76.9 Å². The van der Waals surface area contributed by atoms with Crippen molar-refractivity contribution in [2.24, 2.45) is 0 Å². The first-order chi connectivity index (χ1) is 22.2. The molecule has 1 N–H and O–H groups in total. The van der Waals surface area contributed by atoms with Crippen LogP contribution in [0.4, 0.5) is 0 Å². The molecular formula is C42H31N3. The van der Waals surface area contributed by atoms with Crippen molar-refractivity contribution in [1.82, 2.24) is 14.1 Å². The Balaban J connectivity index is 0.00000312. The van der Waals surface area contributed by atoms with Gasteiger partial charge in [0.2, 0.25) is 0 Å². The van der Waals surface area contributed by atoms with Crippen molar-refractivity contribution in [1.29, 1.82) is 0 Å². The van der Waals surface area contributed by atoms with E-state index < -0.39 is 0 Å². The second kappa shape index (κ2) is 9.73. The molecule has 0 spiro atoms. The molecule has 0 saturated heterocycles. The maximum atomic E-state index is 4.25. The van der Waals surface area contributed by atoms with Crippen LogP contribution in [0.3, 0.4) is 0 Å². The fraction of sp³-hybridized carbons (Fsp3) is 0. The molecule has 9 rings (SSSR count). The Morgan fingerprint density at radius 2 is 1.29 bits per heavy atom. The fourth-order valence-corrected chi connectivity index (χ4v) is 7.21. The molecule has 0 radical (unpaired) electrons. The highest BCUT2D eigenvalue weighted by atomic mass is 15.0. The van der Waals surface area contributed by atoms with Gasteiger partial charge in [-0.2, -0.15) is 0 Å². The van der Waals surface area contributed by atoms with Crippen LogP contribution in [0.1, 0.15) is 12.6 Å². The summed E-state index contributed by atoms with van der Waals surface area (Å²) in [6, 6.07) is 45.7. The Morgan fingerprint density at radius 3 is 2.16 bits per heavy atom. The number of benzene rings is 6. The van der Waals surface area contributed by atoms with Gasteiger partial charge in [-0.1, -0.05) is 98.1 Å². The van der Waals surface area contributed by atoms with Gasteiger partial charge in [-0.15, -0.1) is 0 Å². The average Bonchev–Trinajstić information content (AvgIpc) is 3.79. The topological polar surface area (TPSA) is 25.6 Å². The molecule has 3 nitrogen and oxygen atoms in total. The van der Waals surface area contributed by atoms with Gasteiger partial charge in [0.05, 0.1) is 16.6 Å². The van der Waals surface area contributed by atoms with Crippen molar-refractivity contribution >= 4 is 66.7 Å². The monoisotopic (exact) mass is 577 g/mol. The lowest BCUT2D eigenvalue weighted by atomic mass is 9.99. The zero-order chi connectivity index (χ0) is 30.1. The molecule has 45 heavy (non-hydrogen) atoms. The van der Waals surface area contributed by atoms with Gasteiger partial charge in [0, 0.05) is 57.0 Å². The minimum absolute atomic E-state index is 0. The third kappa shape index (κ3) is 3.71. The number of nitrogens with one attached hydrogen (secondary N) is 1. The van der Waals surface area contributed by atoms with Gasteiger partial charge in [-0.3, -0.25) is 0 Å². The lowest BCUT2D eigenvalue weighted by Gasteiger charge is -2.11. The quantitative estimate of drug-likeness (QED) is 0.211. The molecule has 0 aliphatic rings. The van der Waals surface area contributed by atoms with Crippen LogP contribution in [-0.2, 0) is 0 Å². The predicted octanol–water partition coefficient (Wildman–Crippen LogP) is 11.6. The van der Waals surface area contributed by atoms with Crippen molar-refractivity contribution in [3.63, 3.8) is 0 Å². The van der Waals surface area contributed by atoms with Crippen LogP contribution in [0.25, 0.3) is 89.2 Å². The maximum absolute atomic E-state index is 4.25. The normalized spacial score (nSPS) is 11.7. The molecule has 0 amide bonds. The number of hydrogen-bond donors (Lipinski definition) is 1. The largest absolute Gasteiger partial charge is 0.354 e. The predicted molar refractivity (Wildman–Crippen MR) is 195 cm³/mol. The van der Waals surface area contributed by atoms with Crippen LogP contribution in [-0.4, -0.2) is 14.1 Å². The number of aromatic nitrogens is 3. The Kier molecular flexibility index (Phi) is 5.50. The zero-order valence-electron chi connectivity index (χ0n) is 24.7. The second-order valence-electron chi connectivity index (χ2n) is 11.6. The summed E-state index contributed by atoms with van der Waals surface area (Å²) in [6.07, 6.45) is 6.09. The lowest BCUT2D eigenvalue weighted by molar-refractivity contribution is 1.13. The zero-order valence-corrected chi connectivity index (χ0v) is 24.7. The van der Waals surface area contributed by atoms with Crippen LogP contribution in [0.5, 0.6) is 0 Å². The molecule has 0 fully saturated rings.